The van der Waals surface area contributed by atoms with E-state index >= 15 is 0 Å². The topological polar surface area (TPSA) is 65.1 Å². The molecular formula is C9H27F12N3Ni2O6P8. The van der Waals surface area contributed by atoms with Crippen molar-refractivity contribution in [2.24, 2.45) is 0 Å². The third kappa shape index (κ3) is 43.4. The van der Waals surface area contributed by atoms with Gasteiger partial charge in [-0.2, -0.15) is 63.7 Å². The second-order valence-electron chi connectivity index (χ2n) is 4.30. The first-order valence-corrected chi connectivity index (χ1v) is 16.8. The van der Waals surface area contributed by atoms with Gasteiger partial charge in [0.15, 0.2) is 0 Å². The minimum absolute atomic E-state index is 0. The van der Waals surface area contributed by atoms with E-state index < -0.39 is 69.4 Å². The average Bonchev–Trinajstić information content (AvgIpc) is 2.85. The first kappa shape index (κ1) is 58.7. The van der Waals surface area contributed by atoms with E-state index in [2.05, 4.69) is 27.1 Å². The summed E-state index contributed by atoms with van der Waals surface area (Å²) in [5.41, 5.74) is 0. The Labute approximate surface area is 256 Å². The Morgan fingerprint density at radius 3 is 0.425 bits per heavy atom. The van der Waals surface area contributed by atoms with Crippen molar-refractivity contribution in [2.45, 2.75) is 0 Å². The van der Waals surface area contributed by atoms with Gasteiger partial charge >= 0.3 is 69.4 Å². The summed E-state index contributed by atoms with van der Waals surface area (Å²) in [6.07, 6.45) is 0. The molecule has 0 spiro atoms. The Morgan fingerprint density at radius 1 is 0.325 bits per heavy atom. The summed E-state index contributed by atoms with van der Waals surface area (Å²) in [6, 6.07) is 0. The molecule has 0 rings (SSSR count). The molecule has 0 unspecified atom stereocenters. The number of hydrogen-bond acceptors (Lipinski definition) is 9. The summed E-state index contributed by atoms with van der Waals surface area (Å²) in [5.74, 6) is 0. The molecule has 0 aromatic rings. The van der Waals surface area contributed by atoms with E-state index in [4.69, 9.17) is 0 Å². The predicted octanol–water partition coefficient (Wildman–Crippen LogP) is 12.0. The molecule has 258 valence electrons. The predicted molar refractivity (Wildman–Crippen MR) is 134 cm³/mol. The van der Waals surface area contributed by atoms with Crippen molar-refractivity contribution in [1.82, 2.24) is 13.3 Å². The Balaban J connectivity index is -0.0000000673. The average molecular weight is 866 g/mol. The largest absolute Gasteiger partial charge is 0.352 e. The zero-order chi connectivity index (χ0) is 31.6. The van der Waals surface area contributed by atoms with Crippen molar-refractivity contribution < 1.29 is 110 Å². The molecule has 0 radical (unpaired) electrons. The molecule has 0 atom stereocenters. The van der Waals surface area contributed by atoms with Crippen LogP contribution in [-0.2, 0) is 60.1 Å². The Morgan fingerprint density at radius 2 is 0.425 bits per heavy atom. The van der Waals surface area contributed by atoms with Crippen LogP contribution < -0.4 is 0 Å². The maximum atomic E-state index is 11.2. The zero-order valence-electron chi connectivity index (χ0n) is 21.5. The molecule has 0 aliphatic carbocycles. The molecule has 0 aliphatic heterocycles. The van der Waals surface area contributed by atoms with Crippen LogP contribution in [0.15, 0.2) is 0 Å². The summed E-state index contributed by atoms with van der Waals surface area (Å²) >= 11 is 0. The van der Waals surface area contributed by atoms with Crippen molar-refractivity contribution in [3.63, 3.8) is 0 Å². The Hall–Kier alpha value is 3.23. The van der Waals surface area contributed by atoms with Gasteiger partial charge in [-0.15, -0.1) is 0 Å². The molecule has 0 aromatic heterocycles. The molecule has 0 aromatic carbocycles. The van der Waals surface area contributed by atoms with Crippen molar-refractivity contribution in [3.8, 4) is 0 Å². The van der Waals surface area contributed by atoms with E-state index in [0.717, 1.165) is 0 Å². The summed E-state index contributed by atoms with van der Waals surface area (Å²) in [4.78, 5) is 0. The van der Waals surface area contributed by atoms with Gasteiger partial charge in [-0.05, 0) is 0 Å². The van der Waals surface area contributed by atoms with E-state index in [1.165, 1.54) is 0 Å². The molecular weight excluding hydrogens is 839 g/mol. The molecule has 0 heterocycles. The summed E-state index contributed by atoms with van der Waals surface area (Å²) < 4.78 is 162. The fourth-order valence-corrected chi connectivity index (χ4v) is 2.72. The van der Waals surface area contributed by atoms with Gasteiger partial charge in [0.05, 0.1) is 0 Å². The maximum Gasteiger partial charge on any atom is 0.352 e. The fraction of sp³-hybridized carbons (Fsp3) is 1.00. The zero-order valence-corrected chi connectivity index (χ0v) is 30.7. The smallest absolute Gasteiger partial charge is 0.316 e. The molecule has 0 aliphatic rings. The van der Waals surface area contributed by atoms with Crippen LogP contribution in [-0.4, -0.2) is 77.1 Å². The van der Waals surface area contributed by atoms with Crippen LogP contribution in [0.5, 0.6) is 0 Å². The number of halogens is 12. The molecule has 0 bridgehead atoms. The standard InChI is InChI=1S/2C3H9O3P.3CH3F4NP2.2Ni/c2*1-4-7(5-2)6-3;3*1-6(7(2)3)8(4)5;;/h2*1-3H3;3*1H3;;. The first-order chi connectivity index (χ1) is 17.4. The van der Waals surface area contributed by atoms with Gasteiger partial charge in [0.25, 0.3) is 0 Å². The molecule has 40 heavy (non-hydrogen) atoms. The maximum absolute atomic E-state index is 11.2. The minimum Gasteiger partial charge on any atom is -0.316 e. The normalized spacial score (nSPS) is 10.8. The molecule has 0 N–H and O–H groups in total. The Bertz CT molecular complexity index is 398. The van der Waals surface area contributed by atoms with Crippen LogP contribution in [0.25, 0.3) is 0 Å². The molecule has 0 fully saturated rings. The quantitative estimate of drug-likeness (QED) is 0.108. The van der Waals surface area contributed by atoms with Crippen molar-refractivity contribution in [2.75, 3.05) is 63.8 Å². The van der Waals surface area contributed by atoms with Gasteiger partial charge in [-0.1, -0.05) is 0 Å². The molecule has 0 saturated heterocycles. The van der Waals surface area contributed by atoms with E-state index in [-0.39, 0.29) is 46.3 Å². The summed E-state index contributed by atoms with van der Waals surface area (Å²) in [5, 5.41) is 0. The summed E-state index contributed by atoms with van der Waals surface area (Å²) in [6.45, 7) is 0. The molecule has 31 heteroatoms. The van der Waals surface area contributed by atoms with Crippen molar-refractivity contribution in [1.29, 1.82) is 0 Å². The number of hydrogen-bond donors (Lipinski definition) is 0. The third-order valence-electron chi connectivity index (χ3n) is 2.21. The third-order valence-corrected chi connectivity index (χ3v) is 9.06. The van der Waals surface area contributed by atoms with E-state index in [1.807, 2.05) is 0 Å². The van der Waals surface area contributed by atoms with Crippen LogP contribution in [0.4, 0.5) is 50.4 Å². The van der Waals surface area contributed by atoms with Crippen LogP contribution in [0.3, 0.4) is 0 Å². The van der Waals surface area contributed by atoms with Crippen LogP contribution in [0.2, 0.25) is 0 Å². The van der Waals surface area contributed by atoms with E-state index in [9.17, 15) is 50.4 Å². The monoisotopic (exact) mass is 865 g/mol. The SMILES string of the molecule is CN(P(F)F)P(F)F.CN(P(F)F)P(F)F.CN(P(F)F)P(F)F.COP(OC)OC.COP(OC)OC.[Ni].[Ni]. The van der Waals surface area contributed by atoms with Gasteiger partial charge in [0, 0.05) is 96.8 Å². The van der Waals surface area contributed by atoms with Crippen molar-refractivity contribution >= 4 is 69.4 Å². The van der Waals surface area contributed by atoms with Gasteiger partial charge in [0.2, 0.25) is 0 Å². The van der Waals surface area contributed by atoms with E-state index in [0.29, 0.717) is 21.1 Å². The second-order valence-corrected chi connectivity index (χ2v) is 14.5. The van der Waals surface area contributed by atoms with Gasteiger partial charge < -0.3 is 27.1 Å². The number of nitrogens with zero attached hydrogens (tertiary/aromatic N) is 3. The van der Waals surface area contributed by atoms with Gasteiger partial charge in [-0.25, -0.2) is 0 Å². The van der Waals surface area contributed by atoms with Crippen LogP contribution >= 0.6 is 69.4 Å². The van der Waals surface area contributed by atoms with E-state index in [1.54, 1.807) is 42.7 Å². The van der Waals surface area contributed by atoms with Crippen LogP contribution in [0.1, 0.15) is 0 Å². The molecule has 0 saturated carbocycles. The first-order valence-electron chi connectivity index (χ1n) is 8.11. The Kier molecular flexibility index (Phi) is 59.1. The van der Waals surface area contributed by atoms with Gasteiger partial charge in [-0.3, -0.25) is 0 Å². The van der Waals surface area contributed by atoms with Gasteiger partial charge in [0.1, 0.15) is 0 Å². The second kappa shape index (κ2) is 40.3. The minimum atomic E-state index is -3.59. The van der Waals surface area contributed by atoms with Crippen LogP contribution in [0, 0.1) is 0 Å². The summed E-state index contributed by atoms with van der Waals surface area (Å²) in [7, 11) is -12.3. The number of rotatable bonds is 12. The van der Waals surface area contributed by atoms with Crippen molar-refractivity contribution in [3.05, 3.63) is 0 Å². The fourth-order valence-electron chi connectivity index (χ4n) is 0.601. The molecule has 9 nitrogen and oxygen atoms in total. The molecule has 0 amide bonds.